The summed E-state index contributed by atoms with van der Waals surface area (Å²) in [5, 5.41) is 10.1. The second-order valence-electron chi connectivity index (χ2n) is 9.02. The molecule has 2 unspecified atom stereocenters. The minimum atomic E-state index is -1.22. The highest BCUT2D eigenvalue weighted by Crippen LogP contribution is 2.28. The second kappa shape index (κ2) is 17.2. The van der Waals surface area contributed by atoms with E-state index in [1.165, 1.54) is 33.3 Å². The third-order valence-electron chi connectivity index (χ3n) is 5.96. The SMILES string of the molecule is C=C(C(=O)OCC)C(O)c1ccc(C)c(C(=O)OC)c1.C=C(C(=O)OCC)C(OC(C)=O)c1ccc(C)c(C(=O)OC)c1. The van der Waals surface area contributed by atoms with Crippen molar-refractivity contribution in [3.05, 3.63) is 94.1 Å². The van der Waals surface area contributed by atoms with Crippen LogP contribution in [0.2, 0.25) is 0 Å². The van der Waals surface area contributed by atoms with Gasteiger partial charge in [0.05, 0.1) is 49.7 Å². The fourth-order valence-corrected chi connectivity index (χ4v) is 3.65. The van der Waals surface area contributed by atoms with E-state index >= 15 is 0 Å². The Hall–Kier alpha value is -4.77. The van der Waals surface area contributed by atoms with E-state index in [2.05, 4.69) is 17.9 Å². The van der Waals surface area contributed by atoms with E-state index in [4.69, 9.17) is 18.9 Å². The molecule has 0 saturated heterocycles. The van der Waals surface area contributed by atoms with Crippen molar-refractivity contribution in [3.63, 3.8) is 0 Å². The van der Waals surface area contributed by atoms with Crippen molar-refractivity contribution in [1.82, 2.24) is 0 Å². The Balaban J connectivity index is 0.000000434. The van der Waals surface area contributed by atoms with Gasteiger partial charge < -0.3 is 28.8 Å². The lowest BCUT2D eigenvalue weighted by atomic mass is 9.97. The van der Waals surface area contributed by atoms with Crippen LogP contribution in [0, 0.1) is 13.8 Å². The van der Waals surface area contributed by atoms with Gasteiger partial charge in [-0.15, -0.1) is 0 Å². The summed E-state index contributed by atoms with van der Waals surface area (Å²) in [6.45, 7) is 15.6. The lowest BCUT2D eigenvalue weighted by Gasteiger charge is -2.20. The molecule has 0 aliphatic carbocycles. The lowest BCUT2D eigenvalue weighted by Crippen LogP contribution is -2.19. The van der Waals surface area contributed by atoms with Crippen LogP contribution >= 0.6 is 0 Å². The van der Waals surface area contributed by atoms with Crippen LogP contribution in [-0.2, 0) is 38.1 Å². The monoisotopic (exact) mass is 598 g/mol. The topological polar surface area (TPSA) is 152 Å². The maximum Gasteiger partial charge on any atom is 0.338 e. The Morgan fingerprint density at radius 1 is 0.744 bits per heavy atom. The van der Waals surface area contributed by atoms with E-state index in [-0.39, 0.29) is 24.4 Å². The van der Waals surface area contributed by atoms with Gasteiger partial charge >= 0.3 is 29.8 Å². The number of methoxy groups -OCH3 is 2. The molecule has 0 spiro atoms. The Labute approximate surface area is 251 Å². The largest absolute Gasteiger partial charge is 0.465 e. The number of esters is 5. The highest BCUT2D eigenvalue weighted by atomic mass is 16.6. The first-order valence-electron chi connectivity index (χ1n) is 13.2. The Morgan fingerprint density at radius 3 is 1.58 bits per heavy atom. The van der Waals surface area contributed by atoms with Crippen LogP contribution in [0.25, 0.3) is 0 Å². The fourth-order valence-electron chi connectivity index (χ4n) is 3.65. The number of carbonyl (C=O) groups excluding carboxylic acids is 5. The molecule has 0 bridgehead atoms. The number of hydrogen-bond acceptors (Lipinski definition) is 11. The molecule has 0 radical (unpaired) electrons. The molecule has 11 heteroatoms. The summed E-state index contributed by atoms with van der Waals surface area (Å²) in [6, 6.07) is 9.62. The number of rotatable bonds is 11. The summed E-state index contributed by atoms with van der Waals surface area (Å²) in [4.78, 5) is 58.1. The molecule has 2 rings (SSSR count). The maximum absolute atomic E-state index is 11.9. The van der Waals surface area contributed by atoms with Gasteiger partial charge in [0.2, 0.25) is 0 Å². The van der Waals surface area contributed by atoms with Gasteiger partial charge in [0.1, 0.15) is 6.10 Å². The molecule has 2 aromatic rings. The van der Waals surface area contributed by atoms with Crippen molar-refractivity contribution in [3.8, 4) is 0 Å². The summed E-state index contributed by atoms with van der Waals surface area (Å²) in [5.74, 6) is -2.94. The highest BCUT2D eigenvalue weighted by Gasteiger charge is 2.26. The van der Waals surface area contributed by atoms with Gasteiger partial charge in [0.15, 0.2) is 6.10 Å². The van der Waals surface area contributed by atoms with E-state index in [0.29, 0.717) is 27.8 Å². The summed E-state index contributed by atoms with van der Waals surface area (Å²) >= 11 is 0. The molecule has 232 valence electrons. The zero-order chi connectivity index (χ0) is 32.9. The molecule has 2 aromatic carbocycles. The average molecular weight is 599 g/mol. The summed E-state index contributed by atoms with van der Waals surface area (Å²) in [5.41, 5.74) is 2.78. The summed E-state index contributed by atoms with van der Waals surface area (Å²) in [6.07, 6.45) is -2.26. The number of aryl methyl sites for hydroxylation is 2. The predicted molar refractivity (Wildman–Crippen MR) is 156 cm³/mol. The van der Waals surface area contributed by atoms with Crippen molar-refractivity contribution < 1.29 is 52.8 Å². The first-order chi connectivity index (χ1) is 20.2. The van der Waals surface area contributed by atoms with Crippen LogP contribution < -0.4 is 0 Å². The molecule has 2 atom stereocenters. The van der Waals surface area contributed by atoms with Gasteiger partial charge in [-0.05, 0) is 62.1 Å². The first kappa shape index (κ1) is 36.3. The van der Waals surface area contributed by atoms with E-state index in [0.717, 1.165) is 5.56 Å². The van der Waals surface area contributed by atoms with Crippen molar-refractivity contribution in [2.45, 2.75) is 46.8 Å². The van der Waals surface area contributed by atoms with Crippen LogP contribution in [0.3, 0.4) is 0 Å². The first-order valence-corrected chi connectivity index (χ1v) is 13.2. The molecule has 11 nitrogen and oxygen atoms in total. The lowest BCUT2D eigenvalue weighted by molar-refractivity contribution is -0.148. The normalized spacial score (nSPS) is 11.4. The Morgan fingerprint density at radius 2 is 1.16 bits per heavy atom. The number of aliphatic hydroxyl groups excluding tert-OH is 1. The number of benzene rings is 2. The zero-order valence-corrected chi connectivity index (χ0v) is 25.5. The van der Waals surface area contributed by atoms with Crippen molar-refractivity contribution in [2.75, 3.05) is 27.4 Å². The highest BCUT2D eigenvalue weighted by molar-refractivity contribution is 5.93. The maximum atomic E-state index is 11.9. The second-order valence-corrected chi connectivity index (χ2v) is 9.02. The zero-order valence-electron chi connectivity index (χ0n) is 25.5. The van der Waals surface area contributed by atoms with Crippen LogP contribution in [0.4, 0.5) is 0 Å². The van der Waals surface area contributed by atoms with Crippen LogP contribution in [0.1, 0.15) is 75.9 Å². The molecule has 0 amide bonds. The summed E-state index contributed by atoms with van der Waals surface area (Å²) in [7, 11) is 2.55. The predicted octanol–water partition coefficient (Wildman–Crippen LogP) is 4.44. The number of hydrogen-bond donors (Lipinski definition) is 1. The van der Waals surface area contributed by atoms with E-state index in [1.807, 2.05) is 0 Å². The quantitative estimate of drug-likeness (QED) is 0.222. The molecular formula is C32H38O11. The molecular weight excluding hydrogens is 560 g/mol. The number of aliphatic hydroxyl groups is 1. The summed E-state index contributed by atoms with van der Waals surface area (Å²) < 4.78 is 24.2. The van der Waals surface area contributed by atoms with Gasteiger partial charge in [0, 0.05) is 6.92 Å². The molecule has 0 saturated carbocycles. The minimum absolute atomic E-state index is 0.0262. The molecule has 0 heterocycles. The van der Waals surface area contributed by atoms with E-state index < -0.39 is 42.1 Å². The standard InChI is InChI=1S/C17H20O6.C15H18O5/c1-6-22-16(19)11(3)15(23-12(4)18)13-8-7-10(2)14(9-13)17(20)21-5;1-5-20-14(17)10(3)13(16)11-7-6-9(2)12(8-11)15(18)19-4/h7-9,15H,3,6H2,1-2,4-5H3;6-8,13,16H,3,5H2,1-2,4H3. The molecule has 0 aliphatic rings. The Bertz CT molecular complexity index is 1370. The van der Waals surface area contributed by atoms with Gasteiger partial charge in [-0.25, -0.2) is 19.2 Å². The number of carbonyl (C=O) groups is 5. The smallest absolute Gasteiger partial charge is 0.338 e. The average Bonchev–Trinajstić information content (AvgIpc) is 2.99. The molecule has 43 heavy (non-hydrogen) atoms. The molecule has 0 aliphatic heterocycles. The minimum Gasteiger partial charge on any atom is -0.465 e. The van der Waals surface area contributed by atoms with Gasteiger partial charge in [-0.3, -0.25) is 4.79 Å². The molecule has 0 aromatic heterocycles. The molecule has 1 N–H and O–H groups in total. The van der Waals surface area contributed by atoms with E-state index in [9.17, 15) is 29.1 Å². The third kappa shape index (κ3) is 10.2. The number of ether oxygens (including phenoxy) is 5. The van der Waals surface area contributed by atoms with Crippen molar-refractivity contribution in [1.29, 1.82) is 0 Å². The van der Waals surface area contributed by atoms with Gasteiger partial charge in [-0.2, -0.15) is 0 Å². The van der Waals surface area contributed by atoms with Crippen LogP contribution in [-0.4, -0.2) is 62.4 Å². The van der Waals surface area contributed by atoms with E-state index in [1.54, 1.807) is 52.0 Å². The van der Waals surface area contributed by atoms with Crippen molar-refractivity contribution >= 4 is 29.8 Å². The fraction of sp³-hybridized carbons (Fsp3) is 0.344. The van der Waals surface area contributed by atoms with Crippen molar-refractivity contribution in [2.24, 2.45) is 0 Å². The van der Waals surface area contributed by atoms with Crippen LogP contribution in [0.15, 0.2) is 60.7 Å². The Kier molecular flexibility index (Phi) is 14.5. The third-order valence-corrected chi connectivity index (χ3v) is 5.96. The van der Waals surface area contributed by atoms with Gasteiger partial charge in [-0.1, -0.05) is 37.4 Å². The van der Waals surface area contributed by atoms with Gasteiger partial charge in [0.25, 0.3) is 0 Å². The molecule has 0 fully saturated rings. The van der Waals surface area contributed by atoms with Crippen LogP contribution in [0.5, 0.6) is 0 Å².